The summed E-state index contributed by atoms with van der Waals surface area (Å²) in [6, 6.07) is 5.00. The smallest absolute Gasteiger partial charge is 0.393 e. The first kappa shape index (κ1) is 13.5. The maximum Gasteiger partial charge on any atom is 0.417 e. The molecule has 19 heavy (non-hydrogen) atoms. The van der Waals surface area contributed by atoms with Crippen LogP contribution in [0.1, 0.15) is 18.4 Å². The Morgan fingerprint density at radius 2 is 2.00 bits per heavy atom. The molecule has 1 aromatic carbocycles. The molecule has 7 heteroatoms. The zero-order valence-corrected chi connectivity index (χ0v) is 9.98. The van der Waals surface area contributed by atoms with Crippen LogP contribution in [-0.2, 0) is 12.6 Å². The van der Waals surface area contributed by atoms with Gasteiger partial charge in [0.25, 0.3) is 0 Å². The predicted octanol–water partition coefficient (Wildman–Crippen LogP) is 2.68. The lowest BCUT2D eigenvalue weighted by atomic mass is 10.1. The largest absolute Gasteiger partial charge is 0.417 e. The number of aliphatic hydroxyl groups is 1. The van der Waals surface area contributed by atoms with E-state index >= 15 is 0 Å². The third kappa shape index (κ3) is 3.11. The van der Waals surface area contributed by atoms with Gasteiger partial charge >= 0.3 is 6.18 Å². The van der Waals surface area contributed by atoms with Gasteiger partial charge in [-0.3, -0.25) is 0 Å². The molecule has 0 bridgehead atoms. The van der Waals surface area contributed by atoms with E-state index in [9.17, 15) is 13.2 Å². The molecule has 0 aliphatic carbocycles. The quantitative estimate of drug-likeness (QED) is 0.933. The Bertz CT molecular complexity index is 564. The van der Waals surface area contributed by atoms with E-state index in [0.717, 1.165) is 6.07 Å². The lowest BCUT2D eigenvalue weighted by Gasteiger charge is -2.09. The average molecular weight is 272 g/mol. The van der Waals surface area contributed by atoms with E-state index in [4.69, 9.17) is 9.63 Å². The highest BCUT2D eigenvalue weighted by Gasteiger charge is 2.34. The van der Waals surface area contributed by atoms with Crippen molar-refractivity contribution in [1.29, 1.82) is 0 Å². The summed E-state index contributed by atoms with van der Waals surface area (Å²) in [5.41, 5.74) is -0.963. The Morgan fingerprint density at radius 3 is 2.63 bits per heavy atom. The van der Waals surface area contributed by atoms with Crippen LogP contribution in [-0.4, -0.2) is 21.4 Å². The van der Waals surface area contributed by atoms with Gasteiger partial charge < -0.3 is 9.63 Å². The molecule has 0 saturated carbocycles. The summed E-state index contributed by atoms with van der Waals surface area (Å²) >= 11 is 0. The maximum atomic E-state index is 12.8. The second-order valence-electron chi connectivity index (χ2n) is 4.11. The molecule has 2 aromatic rings. The summed E-state index contributed by atoms with van der Waals surface area (Å²) in [5, 5.41) is 12.7. The summed E-state index contributed by atoms with van der Waals surface area (Å²) < 4.78 is 43.3. The summed E-state index contributed by atoms with van der Waals surface area (Å²) in [6.45, 7) is 1.52. The fourth-order valence-corrected chi connectivity index (χ4v) is 1.63. The zero-order valence-electron chi connectivity index (χ0n) is 9.98. The lowest BCUT2D eigenvalue weighted by molar-refractivity contribution is -0.137. The molecule has 1 heterocycles. The van der Waals surface area contributed by atoms with Crippen LogP contribution in [0.2, 0.25) is 0 Å². The molecular weight excluding hydrogens is 261 g/mol. The van der Waals surface area contributed by atoms with Crippen molar-refractivity contribution >= 4 is 0 Å². The van der Waals surface area contributed by atoms with Gasteiger partial charge in [0.05, 0.1) is 18.1 Å². The van der Waals surface area contributed by atoms with Gasteiger partial charge in [0.15, 0.2) is 0 Å². The van der Waals surface area contributed by atoms with Crippen molar-refractivity contribution in [1.82, 2.24) is 10.1 Å². The third-order valence-electron chi connectivity index (χ3n) is 2.41. The number of halogens is 3. The second-order valence-corrected chi connectivity index (χ2v) is 4.11. The standard InChI is InChI=1S/C12H11F3N2O2/c1-7(18)6-10-16-11(17-19-10)8-4-2-3-5-9(8)12(13,14)15/h2-5,7,18H,6H2,1H3. The van der Waals surface area contributed by atoms with Gasteiger partial charge in [-0.2, -0.15) is 18.2 Å². The van der Waals surface area contributed by atoms with E-state index in [2.05, 4.69) is 10.1 Å². The van der Waals surface area contributed by atoms with Crippen LogP contribution in [0.25, 0.3) is 11.4 Å². The molecule has 0 saturated heterocycles. The van der Waals surface area contributed by atoms with Gasteiger partial charge in [-0.05, 0) is 13.0 Å². The third-order valence-corrected chi connectivity index (χ3v) is 2.41. The van der Waals surface area contributed by atoms with Crippen LogP contribution in [0, 0.1) is 0 Å². The number of hydrogen-bond donors (Lipinski definition) is 1. The predicted molar refractivity (Wildman–Crippen MR) is 60.1 cm³/mol. The molecule has 102 valence electrons. The van der Waals surface area contributed by atoms with Crippen molar-refractivity contribution in [3.8, 4) is 11.4 Å². The molecule has 1 aromatic heterocycles. The molecule has 2 rings (SSSR count). The molecule has 0 aliphatic heterocycles. The minimum atomic E-state index is -4.48. The fourth-order valence-electron chi connectivity index (χ4n) is 1.63. The summed E-state index contributed by atoms with van der Waals surface area (Å²) in [7, 11) is 0. The minimum absolute atomic E-state index is 0.0984. The van der Waals surface area contributed by atoms with Crippen molar-refractivity contribution in [2.75, 3.05) is 0 Å². The van der Waals surface area contributed by atoms with Crippen molar-refractivity contribution in [3.05, 3.63) is 35.7 Å². The van der Waals surface area contributed by atoms with Crippen molar-refractivity contribution in [2.24, 2.45) is 0 Å². The topological polar surface area (TPSA) is 59.2 Å². The highest BCUT2D eigenvalue weighted by Crippen LogP contribution is 2.35. The van der Waals surface area contributed by atoms with E-state index in [-0.39, 0.29) is 23.7 Å². The van der Waals surface area contributed by atoms with Crippen LogP contribution >= 0.6 is 0 Å². The second kappa shape index (κ2) is 5.00. The molecule has 1 N–H and O–H groups in total. The van der Waals surface area contributed by atoms with Gasteiger partial charge in [-0.25, -0.2) is 0 Å². The number of benzene rings is 1. The Labute approximate surface area is 106 Å². The highest BCUT2D eigenvalue weighted by atomic mass is 19.4. The molecule has 1 atom stereocenters. The van der Waals surface area contributed by atoms with Crippen LogP contribution < -0.4 is 0 Å². The molecule has 0 fully saturated rings. The zero-order chi connectivity index (χ0) is 14.0. The summed E-state index contributed by atoms with van der Waals surface area (Å²) in [6.07, 6.45) is -5.09. The van der Waals surface area contributed by atoms with E-state index in [0.29, 0.717) is 0 Å². The highest BCUT2D eigenvalue weighted by molar-refractivity contribution is 5.60. The first-order chi connectivity index (χ1) is 8.88. The molecule has 0 spiro atoms. The molecule has 0 radical (unpaired) electrons. The number of nitrogens with zero attached hydrogens (tertiary/aromatic N) is 2. The number of alkyl halides is 3. The summed E-state index contributed by atoms with van der Waals surface area (Å²) in [4.78, 5) is 3.86. The van der Waals surface area contributed by atoms with E-state index < -0.39 is 17.8 Å². The Morgan fingerprint density at radius 1 is 1.32 bits per heavy atom. The van der Waals surface area contributed by atoms with Crippen molar-refractivity contribution in [2.45, 2.75) is 25.6 Å². The fraction of sp³-hybridized carbons (Fsp3) is 0.333. The molecule has 0 amide bonds. The molecular formula is C12H11F3N2O2. The van der Waals surface area contributed by atoms with Gasteiger partial charge in [0.2, 0.25) is 11.7 Å². The van der Waals surface area contributed by atoms with E-state index in [1.165, 1.54) is 25.1 Å². The summed E-state index contributed by atoms with van der Waals surface area (Å²) in [5.74, 6) is -0.0365. The Kier molecular flexibility index (Phi) is 3.57. The molecule has 0 aliphatic rings. The first-order valence-electron chi connectivity index (χ1n) is 5.55. The number of aromatic nitrogens is 2. The van der Waals surface area contributed by atoms with Crippen LogP contribution in [0.15, 0.2) is 28.8 Å². The van der Waals surface area contributed by atoms with Crippen molar-refractivity contribution in [3.63, 3.8) is 0 Å². The molecule has 4 nitrogen and oxygen atoms in total. The van der Waals surface area contributed by atoms with Gasteiger partial charge in [-0.1, -0.05) is 23.4 Å². The SMILES string of the molecule is CC(O)Cc1nc(-c2ccccc2C(F)(F)F)no1. The average Bonchev–Trinajstić information content (AvgIpc) is 2.75. The number of rotatable bonds is 3. The van der Waals surface area contributed by atoms with Gasteiger partial charge in [0, 0.05) is 5.56 Å². The normalized spacial score (nSPS) is 13.5. The monoisotopic (exact) mass is 272 g/mol. The maximum absolute atomic E-state index is 12.8. The van der Waals surface area contributed by atoms with Crippen molar-refractivity contribution < 1.29 is 22.8 Å². The number of aliphatic hydroxyl groups excluding tert-OH is 1. The molecule has 1 unspecified atom stereocenters. The Balaban J connectivity index is 2.39. The van der Waals surface area contributed by atoms with Crippen LogP contribution in [0.4, 0.5) is 13.2 Å². The van der Waals surface area contributed by atoms with Gasteiger partial charge in [0.1, 0.15) is 0 Å². The first-order valence-corrected chi connectivity index (χ1v) is 5.55. The van der Waals surface area contributed by atoms with E-state index in [1.807, 2.05) is 0 Å². The van der Waals surface area contributed by atoms with E-state index in [1.54, 1.807) is 0 Å². The van der Waals surface area contributed by atoms with Crippen LogP contribution in [0.5, 0.6) is 0 Å². The number of hydrogen-bond acceptors (Lipinski definition) is 4. The van der Waals surface area contributed by atoms with Gasteiger partial charge in [-0.15, -0.1) is 0 Å². The minimum Gasteiger partial charge on any atom is -0.393 e. The Hall–Kier alpha value is -1.89. The lowest BCUT2D eigenvalue weighted by Crippen LogP contribution is -2.07. The van der Waals surface area contributed by atoms with Crippen LogP contribution in [0.3, 0.4) is 0 Å².